The van der Waals surface area contributed by atoms with Gasteiger partial charge in [-0.3, -0.25) is 14.0 Å². The fourth-order valence-corrected chi connectivity index (χ4v) is 4.31. The van der Waals surface area contributed by atoms with E-state index in [1.165, 1.54) is 11.8 Å². The standard InChI is InChI=1S/C23H25N5O2S/c1-4-5-12-24-20(29)14-31-23-26-25-22-27(19-13-15(2)10-11-16(19)3)21(30)17-8-6-7-9-18(17)28(22)23/h6-11,13H,4-5,12,14H2,1-3H3,(H,24,29). The first-order valence-corrected chi connectivity index (χ1v) is 11.4. The molecule has 0 radical (unpaired) electrons. The molecule has 8 heteroatoms. The first kappa shape index (κ1) is 21.1. The average Bonchev–Trinajstić information content (AvgIpc) is 3.19. The number of nitrogens with zero attached hydrogens (tertiary/aromatic N) is 4. The van der Waals surface area contributed by atoms with Gasteiger partial charge in [0.1, 0.15) is 0 Å². The van der Waals surface area contributed by atoms with Crippen LogP contribution in [0.5, 0.6) is 0 Å². The second-order valence-corrected chi connectivity index (χ2v) is 8.50. The highest BCUT2D eigenvalue weighted by Crippen LogP contribution is 2.24. The molecule has 0 saturated heterocycles. The minimum Gasteiger partial charge on any atom is -0.355 e. The molecule has 1 N–H and O–H groups in total. The van der Waals surface area contributed by atoms with E-state index < -0.39 is 0 Å². The van der Waals surface area contributed by atoms with Crippen molar-refractivity contribution in [1.82, 2.24) is 24.5 Å². The lowest BCUT2D eigenvalue weighted by Crippen LogP contribution is -2.26. The number of para-hydroxylation sites is 1. The normalized spacial score (nSPS) is 11.3. The first-order valence-electron chi connectivity index (χ1n) is 10.4. The van der Waals surface area contributed by atoms with Crippen molar-refractivity contribution in [1.29, 1.82) is 0 Å². The number of amides is 1. The number of thioether (sulfide) groups is 1. The molecule has 31 heavy (non-hydrogen) atoms. The van der Waals surface area contributed by atoms with E-state index in [1.54, 1.807) is 4.57 Å². The fourth-order valence-electron chi connectivity index (χ4n) is 3.54. The van der Waals surface area contributed by atoms with Crippen molar-refractivity contribution in [2.24, 2.45) is 0 Å². The summed E-state index contributed by atoms with van der Waals surface area (Å²) in [4.78, 5) is 25.6. The molecular weight excluding hydrogens is 410 g/mol. The molecule has 0 fully saturated rings. The van der Waals surface area contributed by atoms with Crippen LogP contribution < -0.4 is 10.9 Å². The Kier molecular flexibility index (Phi) is 6.08. The number of carbonyl (C=O) groups is 1. The number of rotatable bonds is 7. The molecule has 0 aliphatic carbocycles. The number of benzene rings is 2. The Balaban J connectivity index is 1.85. The molecule has 7 nitrogen and oxygen atoms in total. The Bertz CT molecular complexity index is 1330. The lowest BCUT2D eigenvalue weighted by molar-refractivity contribution is -0.118. The van der Waals surface area contributed by atoms with Crippen LogP contribution >= 0.6 is 11.8 Å². The van der Waals surface area contributed by atoms with Gasteiger partial charge in [-0.15, -0.1) is 10.2 Å². The Labute approximate surface area is 184 Å². The van der Waals surface area contributed by atoms with Crippen molar-refractivity contribution in [2.75, 3.05) is 12.3 Å². The van der Waals surface area contributed by atoms with Gasteiger partial charge in [0.05, 0.1) is 22.3 Å². The third-order valence-corrected chi connectivity index (χ3v) is 6.11. The molecule has 0 aliphatic heterocycles. The summed E-state index contributed by atoms with van der Waals surface area (Å²) < 4.78 is 3.48. The van der Waals surface area contributed by atoms with E-state index in [4.69, 9.17) is 0 Å². The Morgan fingerprint density at radius 2 is 1.94 bits per heavy atom. The second kappa shape index (κ2) is 8.93. The highest BCUT2D eigenvalue weighted by molar-refractivity contribution is 7.99. The van der Waals surface area contributed by atoms with E-state index in [-0.39, 0.29) is 17.2 Å². The monoisotopic (exact) mass is 435 g/mol. The van der Waals surface area contributed by atoms with Gasteiger partial charge in [0.25, 0.3) is 5.56 Å². The van der Waals surface area contributed by atoms with Crippen molar-refractivity contribution in [3.63, 3.8) is 0 Å². The van der Waals surface area contributed by atoms with Crippen molar-refractivity contribution < 1.29 is 4.79 Å². The molecule has 0 unspecified atom stereocenters. The van der Waals surface area contributed by atoms with Crippen molar-refractivity contribution in [3.8, 4) is 5.69 Å². The van der Waals surface area contributed by atoms with Gasteiger partial charge in [-0.1, -0.05) is 49.4 Å². The molecule has 2 heterocycles. The zero-order valence-electron chi connectivity index (χ0n) is 17.9. The maximum Gasteiger partial charge on any atom is 0.267 e. The van der Waals surface area contributed by atoms with Crippen LogP contribution in [-0.2, 0) is 4.79 Å². The number of hydrogen-bond donors (Lipinski definition) is 1. The number of hydrogen-bond acceptors (Lipinski definition) is 5. The van der Waals surface area contributed by atoms with Crippen molar-refractivity contribution in [2.45, 2.75) is 38.8 Å². The fraction of sp³-hybridized carbons (Fsp3) is 0.304. The summed E-state index contributed by atoms with van der Waals surface area (Å²) >= 11 is 1.32. The maximum atomic E-state index is 13.4. The lowest BCUT2D eigenvalue weighted by atomic mass is 10.1. The third-order valence-electron chi connectivity index (χ3n) is 5.19. The van der Waals surface area contributed by atoms with E-state index in [0.717, 1.165) is 35.2 Å². The van der Waals surface area contributed by atoms with Crippen LogP contribution in [0.3, 0.4) is 0 Å². The van der Waals surface area contributed by atoms with Crippen LogP contribution in [-0.4, -0.2) is 37.4 Å². The van der Waals surface area contributed by atoms with Gasteiger partial charge in [0.2, 0.25) is 11.7 Å². The number of unbranched alkanes of at least 4 members (excludes halogenated alkanes) is 1. The number of nitrogens with one attached hydrogen (secondary N) is 1. The molecule has 4 aromatic rings. The third kappa shape index (κ3) is 4.07. The van der Waals surface area contributed by atoms with Gasteiger partial charge in [0.15, 0.2) is 5.16 Å². The number of aryl methyl sites for hydroxylation is 2. The predicted octanol–water partition coefficient (Wildman–Crippen LogP) is 3.66. The molecule has 2 aromatic heterocycles. The van der Waals surface area contributed by atoms with Gasteiger partial charge < -0.3 is 5.32 Å². The van der Waals surface area contributed by atoms with E-state index in [9.17, 15) is 9.59 Å². The van der Waals surface area contributed by atoms with Crippen molar-refractivity contribution >= 4 is 34.3 Å². The largest absolute Gasteiger partial charge is 0.355 e. The molecule has 0 bridgehead atoms. The number of aromatic nitrogens is 4. The molecule has 160 valence electrons. The van der Waals surface area contributed by atoms with Gasteiger partial charge >= 0.3 is 0 Å². The summed E-state index contributed by atoms with van der Waals surface area (Å²) in [6.07, 6.45) is 1.99. The van der Waals surface area contributed by atoms with Gasteiger partial charge in [0, 0.05) is 6.54 Å². The zero-order valence-corrected chi connectivity index (χ0v) is 18.7. The highest BCUT2D eigenvalue weighted by Gasteiger charge is 2.19. The van der Waals surface area contributed by atoms with Crippen LogP contribution in [0.4, 0.5) is 0 Å². The van der Waals surface area contributed by atoms with E-state index in [1.807, 2.05) is 60.7 Å². The second-order valence-electron chi connectivity index (χ2n) is 7.56. The van der Waals surface area contributed by atoms with Gasteiger partial charge in [-0.25, -0.2) is 4.57 Å². The summed E-state index contributed by atoms with van der Waals surface area (Å²) in [5.74, 6) is 0.634. The zero-order chi connectivity index (χ0) is 22.0. The molecule has 4 rings (SSSR count). The summed E-state index contributed by atoms with van der Waals surface area (Å²) in [5.41, 5.74) is 3.39. The van der Waals surface area contributed by atoms with Crippen LogP contribution in [0.25, 0.3) is 22.4 Å². The molecule has 1 amide bonds. The van der Waals surface area contributed by atoms with Gasteiger partial charge in [-0.05, 0) is 49.6 Å². The van der Waals surface area contributed by atoms with E-state index in [2.05, 4.69) is 22.4 Å². The van der Waals surface area contributed by atoms with Crippen LogP contribution in [0.2, 0.25) is 0 Å². The Morgan fingerprint density at radius 3 is 2.74 bits per heavy atom. The van der Waals surface area contributed by atoms with Crippen LogP contribution in [0.15, 0.2) is 52.4 Å². The summed E-state index contributed by atoms with van der Waals surface area (Å²) in [5, 5.41) is 12.8. The van der Waals surface area contributed by atoms with E-state index >= 15 is 0 Å². The molecule has 0 aliphatic rings. The maximum absolute atomic E-state index is 13.4. The Hall–Kier alpha value is -3.13. The minimum atomic E-state index is -0.141. The SMILES string of the molecule is CCCCNC(=O)CSc1nnc2n(-c3cc(C)ccc3C)c(=O)c3ccccc3n12. The minimum absolute atomic E-state index is 0.0395. The Morgan fingerprint density at radius 1 is 1.13 bits per heavy atom. The molecule has 0 spiro atoms. The summed E-state index contributed by atoms with van der Waals surface area (Å²) in [7, 11) is 0. The topological polar surface area (TPSA) is 81.3 Å². The van der Waals surface area contributed by atoms with Crippen molar-refractivity contribution in [3.05, 3.63) is 63.9 Å². The average molecular weight is 436 g/mol. The highest BCUT2D eigenvalue weighted by atomic mass is 32.2. The predicted molar refractivity (Wildman–Crippen MR) is 124 cm³/mol. The number of fused-ring (bicyclic) bond motifs is 3. The smallest absolute Gasteiger partial charge is 0.267 e. The summed E-state index contributed by atoms with van der Waals surface area (Å²) in [6, 6.07) is 13.4. The molecule has 0 atom stereocenters. The molecule has 0 saturated carbocycles. The lowest BCUT2D eigenvalue weighted by Gasteiger charge is -2.14. The quantitative estimate of drug-likeness (QED) is 0.354. The van der Waals surface area contributed by atoms with Crippen LogP contribution in [0.1, 0.15) is 30.9 Å². The molecular formula is C23H25N5O2S. The summed E-state index contributed by atoms with van der Waals surface area (Å²) in [6.45, 7) is 6.73. The molecule has 2 aromatic carbocycles. The first-order chi connectivity index (χ1) is 15.0. The van der Waals surface area contributed by atoms with Gasteiger partial charge in [-0.2, -0.15) is 0 Å². The van der Waals surface area contributed by atoms with E-state index in [0.29, 0.717) is 22.9 Å². The van der Waals surface area contributed by atoms with Crippen LogP contribution in [0, 0.1) is 13.8 Å². The number of carbonyl (C=O) groups excluding carboxylic acids is 1.